The molecule has 3 N–H and O–H groups in total. The molecule has 1 aliphatic heterocycles. The summed E-state index contributed by atoms with van der Waals surface area (Å²) in [6.45, 7) is 7.39. The van der Waals surface area contributed by atoms with Crippen molar-refractivity contribution in [2.45, 2.75) is 87.5 Å². The van der Waals surface area contributed by atoms with E-state index in [0.717, 1.165) is 40.9 Å². The maximum Gasteiger partial charge on any atom is 0.242 e. The highest BCUT2D eigenvalue weighted by Gasteiger charge is 2.35. The summed E-state index contributed by atoms with van der Waals surface area (Å²) in [5, 5.41) is 12.6. The van der Waals surface area contributed by atoms with Gasteiger partial charge in [-0.1, -0.05) is 103 Å². The number of amides is 1. The molecule has 4 atom stereocenters. The van der Waals surface area contributed by atoms with Gasteiger partial charge < -0.3 is 19.9 Å². The van der Waals surface area contributed by atoms with Crippen LogP contribution < -0.4 is 10.0 Å². The summed E-state index contributed by atoms with van der Waals surface area (Å²) >= 11 is 0. The highest BCUT2D eigenvalue weighted by atomic mass is 32.2. The number of nitrogens with zero attached hydrogens (tertiary/aromatic N) is 1. The lowest BCUT2D eigenvalue weighted by atomic mass is 9.99. The van der Waals surface area contributed by atoms with Gasteiger partial charge in [0.05, 0.1) is 23.7 Å². The van der Waals surface area contributed by atoms with E-state index in [-0.39, 0.29) is 30.1 Å². The predicted octanol–water partition coefficient (Wildman–Crippen LogP) is 6.99. The fourth-order valence-electron chi connectivity index (χ4n) is 7.11. The highest BCUT2D eigenvalue weighted by Crippen LogP contribution is 2.39. The summed E-state index contributed by atoms with van der Waals surface area (Å²) in [6, 6.07) is 30.4. The number of aryl methyl sites for hydroxylation is 1. The number of ether oxygens (including phenoxy) is 2. The van der Waals surface area contributed by atoms with Gasteiger partial charge in [0.15, 0.2) is 6.29 Å². The Balaban J connectivity index is 1.23. The molecule has 0 radical (unpaired) electrons. The summed E-state index contributed by atoms with van der Waals surface area (Å²) < 4.78 is 42.8. The van der Waals surface area contributed by atoms with Gasteiger partial charge in [-0.2, -0.15) is 4.72 Å². The molecule has 1 amide bonds. The van der Waals surface area contributed by atoms with Crippen molar-refractivity contribution in [2.24, 2.45) is 0 Å². The fraction of sp³-hybridized carbons (Fsp3) is 0.357. The molecule has 10 heteroatoms. The number of aliphatic hydroxyl groups is 1. The Bertz CT molecular complexity index is 1880. The van der Waals surface area contributed by atoms with Crippen LogP contribution in [0.4, 0.5) is 5.69 Å². The van der Waals surface area contributed by atoms with Gasteiger partial charge in [-0.3, -0.25) is 9.69 Å². The van der Waals surface area contributed by atoms with Crippen molar-refractivity contribution in [1.29, 1.82) is 0 Å². The first-order valence-electron chi connectivity index (χ1n) is 18.1. The summed E-state index contributed by atoms with van der Waals surface area (Å²) in [5.41, 5.74) is 4.81. The first-order valence-corrected chi connectivity index (χ1v) is 19.6. The van der Waals surface area contributed by atoms with Crippen LogP contribution in [0.1, 0.15) is 72.3 Å². The van der Waals surface area contributed by atoms with E-state index in [0.29, 0.717) is 18.2 Å². The molecule has 0 bridgehead atoms. The standard InChI is InChI=1S/C42H49N3O6S/c1-3-24-45(36-14-7-8-15-36)28-37-27-40(33-20-18-32(29-46)19-21-33)51-42(50-37)34-12-9-13-35(26-34)43-41(47)39(25-31-10-5-4-6-11-31)44-52(48,49)38-22-16-30(2)17-23-38/h3-6,9-13,16-23,26,36-37,39-40,42,44,46H,1,7-8,14-15,24-25,27-29H2,2H3,(H,43,47). The van der Waals surface area contributed by atoms with Gasteiger partial charge in [0.25, 0.3) is 0 Å². The number of carbonyl (C=O) groups is 1. The van der Waals surface area contributed by atoms with Crippen LogP contribution in [0.5, 0.6) is 0 Å². The number of sulfonamides is 1. The number of benzene rings is 4. The van der Waals surface area contributed by atoms with E-state index in [2.05, 4.69) is 21.5 Å². The van der Waals surface area contributed by atoms with E-state index in [1.807, 2.05) is 85.8 Å². The largest absolute Gasteiger partial charge is 0.392 e. The second-order valence-electron chi connectivity index (χ2n) is 13.8. The molecule has 4 unspecified atom stereocenters. The Labute approximate surface area is 307 Å². The number of hydrogen-bond acceptors (Lipinski definition) is 7. The zero-order valence-electron chi connectivity index (χ0n) is 29.7. The van der Waals surface area contributed by atoms with E-state index >= 15 is 0 Å². The molecule has 4 aromatic rings. The van der Waals surface area contributed by atoms with Crippen molar-refractivity contribution in [3.8, 4) is 0 Å². The van der Waals surface area contributed by atoms with Gasteiger partial charge in [-0.05, 0) is 67.1 Å². The quantitative estimate of drug-likeness (QED) is 0.113. The molecule has 2 aliphatic rings. The summed E-state index contributed by atoms with van der Waals surface area (Å²) in [6.07, 6.45) is 6.47. The van der Waals surface area contributed by atoms with Crippen LogP contribution in [0.3, 0.4) is 0 Å². The zero-order chi connectivity index (χ0) is 36.5. The molecule has 4 aromatic carbocycles. The molecule has 0 spiro atoms. The number of carbonyl (C=O) groups excluding carboxylic acids is 1. The van der Waals surface area contributed by atoms with E-state index < -0.39 is 28.3 Å². The lowest BCUT2D eigenvalue weighted by molar-refractivity contribution is -0.253. The van der Waals surface area contributed by atoms with E-state index in [1.165, 1.54) is 37.8 Å². The molecule has 1 aliphatic carbocycles. The van der Waals surface area contributed by atoms with Gasteiger partial charge in [0.2, 0.25) is 15.9 Å². The monoisotopic (exact) mass is 723 g/mol. The molecule has 1 saturated heterocycles. The minimum absolute atomic E-state index is 0.0316. The van der Waals surface area contributed by atoms with Crippen LogP contribution >= 0.6 is 0 Å². The molecule has 1 heterocycles. The average Bonchev–Trinajstić information content (AvgIpc) is 3.70. The lowest BCUT2D eigenvalue weighted by Gasteiger charge is -2.39. The highest BCUT2D eigenvalue weighted by molar-refractivity contribution is 7.89. The van der Waals surface area contributed by atoms with Crippen molar-refractivity contribution in [3.63, 3.8) is 0 Å². The van der Waals surface area contributed by atoms with Crippen molar-refractivity contribution in [3.05, 3.63) is 144 Å². The van der Waals surface area contributed by atoms with Crippen LogP contribution in [-0.4, -0.2) is 55.6 Å². The second-order valence-corrected chi connectivity index (χ2v) is 15.5. The van der Waals surface area contributed by atoms with Crippen molar-refractivity contribution < 1.29 is 27.8 Å². The molecule has 1 saturated carbocycles. The Kier molecular flexibility index (Phi) is 12.7. The van der Waals surface area contributed by atoms with Crippen LogP contribution in [0, 0.1) is 6.92 Å². The van der Waals surface area contributed by atoms with E-state index in [9.17, 15) is 18.3 Å². The molecule has 0 aromatic heterocycles. The molecule has 6 rings (SSSR count). The third kappa shape index (κ3) is 9.83. The van der Waals surface area contributed by atoms with Crippen LogP contribution in [0.15, 0.2) is 121 Å². The Morgan fingerprint density at radius 3 is 2.35 bits per heavy atom. The topological polar surface area (TPSA) is 117 Å². The number of aliphatic hydroxyl groups excluding tert-OH is 1. The summed E-state index contributed by atoms with van der Waals surface area (Å²) in [4.78, 5) is 16.4. The molecule has 52 heavy (non-hydrogen) atoms. The number of hydrogen-bond donors (Lipinski definition) is 3. The van der Waals surface area contributed by atoms with Gasteiger partial charge in [0, 0.05) is 36.8 Å². The molecular weight excluding hydrogens is 675 g/mol. The van der Waals surface area contributed by atoms with Crippen molar-refractivity contribution in [1.82, 2.24) is 9.62 Å². The number of anilines is 1. The van der Waals surface area contributed by atoms with Crippen LogP contribution in [-0.2, 0) is 37.3 Å². The molecule has 2 fully saturated rings. The maximum absolute atomic E-state index is 13.9. The maximum atomic E-state index is 13.9. The normalized spacial score (nSPS) is 20.1. The zero-order valence-corrected chi connectivity index (χ0v) is 30.5. The first kappa shape index (κ1) is 37.6. The second kappa shape index (κ2) is 17.6. The van der Waals surface area contributed by atoms with Gasteiger partial charge in [-0.15, -0.1) is 6.58 Å². The van der Waals surface area contributed by atoms with Gasteiger partial charge in [-0.25, -0.2) is 8.42 Å². The molecule has 9 nitrogen and oxygen atoms in total. The average molecular weight is 724 g/mol. The fourth-order valence-corrected chi connectivity index (χ4v) is 8.30. The third-order valence-corrected chi connectivity index (χ3v) is 11.4. The van der Waals surface area contributed by atoms with Crippen LogP contribution in [0.2, 0.25) is 0 Å². The van der Waals surface area contributed by atoms with Gasteiger partial charge in [0.1, 0.15) is 6.04 Å². The minimum atomic E-state index is -4.00. The minimum Gasteiger partial charge on any atom is -0.392 e. The van der Waals surface area contributed by atoms with Crippen molar-refractivity contribution >= 4 is 21.6 Å². The SMILES string of the molecule is C=CCN(CC1CC(c2ccc(CO)cc2)OC(c2cccc(NC(=O)C(Cc3ccccc3)NS(=O)(=O)c3ccc(C)cc3)c2)O1)C1CCCC1. The predicted molar refractivity (Wildman–Crippen MR) is 203 cm³/mol. The molecular formula is C42H49N3O6S. The van der Waals surface area contributed by atoms with E-state index in [4.69, 9.17) is 9.47 Å². The smallest absolute Gasteiger partial charge is 0.242 e. The Morgan fingerprint density at radius 1 is 0.923 bits per heavy atom. The van der Waals surface area contributed by atoms with Crippen LogP contribution in [0.25, 0.3) is 0 Å². The Hall–Kier alpha value is -4.16. The molecule has 274 valence electrons. The first-order chi connectivity index (χ1) is 25.2. The van der Waals surface area contributed by atoms with E-state index in [1.54, 1.807) is 18.2 Å². The van der Waals surface area contributed by atoms with Crippen molar-refractivity contribution in [2.75, 3.05) is 18.4 Å². The third-order valence-electron chi connectivity index (χ3n) is 9.91. The number of nitrogens with one attached hydrogen (secondary N) is 2. The summed E-state index contributed by atoms with van der Waals surface area (Å²) in [7, 11) is -4.00. The summed E-state index contributed by atoms with van der Waals surface area (Å²) in [5.74, 6) is -0.487. The lowest BCUT2D eigenvalue weighted by Crippen LogP contribution is -2.45. The van der Waals surface area contributed by atoms with Gasteiger partial charge >= 0.3 is 0 Å². The Morgan fingerprint density at radius 2 is 1.65 bits per heavy atom. The number of rotatable bonds is 15.